The Kier molecular flexibility index (Phi) is 4.71. The van der Waals surface area contributed by atoms with Crippen molar-refractivity contribution in [2.75, 3.05) is 5.88 Å². The average molecular weight is 310 g/mol. The molecule has 1 atom stereocenters. The van der Waals surface area contributed by atoms with Gasteiger partial charge in [0, 0.05) is 39.2 Å². The summed E-state index contributed by atoms with van der Waals surface area (Å²) in [4.78, 5) is 14.6. The lowest BCUT2D eigenvalue weighted by Gasteiger charge is -2.18. The van der Waals surface area contributed by atoms with Gasteiger partial charge in [-0.05, 0) is 45.9 Å². The number of hydrogen-bond acceptors (Lipinski definition) is 2. The molecule has 108 valence electrons. The van der Waals surface area contributed by atoms with E-state index in [4.69, 9.17) is 11.6 Å². The Morgan fingerprint density at radius 3 is 2.60 bits per heavy atom. The molecule has 1 unspecified atom stereocenters. The van der Waals surface area contributed by atoms with Crippen molar-refractivity contribution in [2.24, 2.45) is 0 Å². The number of halogens is 1. The largest absolute Gasteiger partial charge is 0.345 e. The van der Waals surface area contributed by atoms with Crippen LogP contribution in [0.25, 0.3) is 0 Å². The summed E-state index contributed by atoms with van der Waals surface area (Å²) in [6.45, 7) is 8.38. The SMILES string of the molecule is Cc1ccc(CC(C)n2c(C)cc(C(=O)CCl)c2C)s1. The minimum atomic E-state index is 0.00480. The number of rotatable bonds is 5. The molecule has 0 N–H and O–H groups in total. The van der Waals surface area contributed by atoms with Crippen LogP contribution in [-0.4, -0.2) is 16.2 Å². The number of thiophene rings is 1. The Morgan fingerprint density at radius 2 is 2.05 bits per heavy atom. The smallest absolute Gasteiger partial charge is 0.179 e. The Morgan fingerprint density at radius 1 is 1.35 bits per heavy atom. The highest BCUT2D eigenvalue weighted by molar-refractivity contribution is 7.11. The molecule has 2 aromatic rings. The summed E-state index contributed by atoms with van der Waals surface area (Å²) in [7, 11) is 0. The van der Waals surface area contributed by atoms with E-state index in [2.05, 4.69) is 30.5 Å². The summed E-state index contributed by atoms with van der Waals surface area (Å²) in [5.74, 6) is 0.0492. The Balaban J connectivity index is 2.28. The lowest BCUT2D eigenvalue weighted by atomic mass is 10.1. The van der Waals surface area contributed by atoms with Crippen molar-refractivity contribution in [1.29, 1.82) is 0 Å². The molecule has 2 nitrogen and oxygen atoms in total. The summed E-state index contributed by atoms with van der Waals surface area (Å²) in [6, 6.07) is 6.64. The summed E-state index contributed by atoms with van der Waals surface area (Å²) in [5.41, 5.74) is 2.90. The second-order valence-electron chi connectivity index (χ2n) is 5.28. The number of Topliss-reactive ketones (excluding diaryl/α,β-unsaturated/α-hetero) is 1. The van der Waals surface area contributed by atoms with Gasteiger partial charge in [-0.2, -0.15) is 0 Å². The number of nitrogens with zero attached hydrogens (tertiary/aromatic N) is 1. The molecule has 20 heavy (non-hydrogen) atoms. The molecule has 2 aromatic heterocycles. The highest BCUT2D eigenvalue weighted by Gasteiger charge is 2.18. The van der Waals surface area contributed by atoms with Crippen molar-refractivity contribution in [2.45, 2.75) is 40.2 Å². The fourth-order valence-corrected chi connectivity index (χ4v) is 3.94. The zero-order valence-electron chi connectivity index (χ0n) is 12.4. The van der Waals surface area contributed by atoms with E-state index in [-0.39, 0.29) is 11.7 Å². The van der Waals surface area contributed by atoms with E-state index in [0.717, 1.165) is 23.4 Å². The van der Waals surface area contributed by atoms with Gasteiger partial charge in [0.2, 0.25) is 0 Å². The summed E-state index contributed by atoms with van der Waals surface area (Å²) in [5, 5.41) is 0. The van der Waals surface area contributed by atoms with E-state index in [1.54, 1.807) is 0 Å². The van der Waals surface area contributed by atoms with E-state index in [0.29, 0.717) is 6.04 Å². The third-order valence-electron chi connectivity index (χ3n) is 3.64. The summed E-state index contributed by atoms with van der Waals surface area (Å²) >= 11 is 7.51. The molecule has 2 rings (SSSR count). The molecule has 0 aliphatic rings. The van der Waals surface area contributed by atoms with Gasteiger partial charge in [0.1, 0.15) is 0 Å². The predicted molar refractivity (Wildman–Crippen MR) is 86.4 cm³/mol. The van der Waals surface area contributed by atoms with Crippen molar-refractivity contribution < 1.29 is 4.79 Å². The van der Waals surface area contributed by atoms with Gasteiger partial charge < -0.3 is 4.57 Å². The Bertz CT molecular complexity index is 626. The van der Waals surface area contributed by atoms with Crippen molar-refractivity contribution in [3.63, 3.8) is 0 Å². The van der Waals surface area contributed by atoms with Crippen LogP contribution >= 0.6 is 22.9 Å². The Labute approximate surface area is 129 Å². The van der Waals surface area contributed by atoms with Gasteiger partial charge in [-0.25, -0.2) is 0 Å². The zero-order valence-corrected chi connectivity index (χ0v) is 13.9. The van der Waals surface area contributed by atoms with Crippen LogP contribution in [0.15, 0.2) is 18.2 Å². The second kappa shape index (κ2) is 6.15. The number of hydrogen-bond donors (Lipinski definition) is 0. The van der Waals surface area contributed by atoms with Crippen molar-refractivity contribution >= 4 is 28.7 Å². The number of aryl methyl sites for hydroxylation is 2. The first kappa shape index (κ1) is 15.3. The van der Waals surface area contributed by atoms with Crippen molar-refractivity contribution in [1.82, 2.24) is 4.57 Å². The maximum absolute atomic E-state index is 11.8. The molecule has 0 saturated heterocycles. The van der Waals surface area contributed by atoms with Crippen molar-refractivity contribution in [3.8, 4) is 0 Å². The molecule has 0 bridgehead atoms. The highest BCUT2D eigenvalue weighted by atomic mass is 35.5. The zero-order chi connectivity index (χ0) is 14.9. The fraction of sp³-hybridized carbons (Fsp3) is 0.438. The Hall–Kier alpha value is -1.06. The molecule has 0 saturated carbocycles. The minimum absolute atomic E-state index is 0.00480. The summed E-state index contributed by atoms with van der Waals surface area (Å²) in [6.07, 6.45) is 0.989. The van der Waals surface area contributed by atoms with E-state index >= 15 is 0 Å². The molecule has 2 heterocycles. The van der Waals surface area contributed by atoms with Crippen molar-refractivity contribution in [3.05, 3.63) is 44.9 Å². The van der Waals surface area contributed by atoms with E-state index < -0.39 is 0 Å². The third-order valence-corrected chi connectivity index (χ3v) is 4.91. The topological polar surface area (TPSA) is 22.0 Å². The lowest BCUT2D eigenvalue weighted by molar-refractivity contribution is 0.102. The lowest BCUT2D eigenvalue weighted by Crippen LogP contribution is -2.12. The fourth-order valence-electron chi connectivity index (χ4n) is 2.79. The van der Waals surface area contributed by atoms with Gasteiger partial charge in [-0.3, -0.25) is 4.79 Å². The van der Waals surface area contributed by atoms with Crippen LogP contribution in [0.1, 0.15) is 44.5 Å². The minimum Gasteiger partial charge on any atom is -0.345 e. The molecule has 0 fully saturated rings. The van der Waals surface area contributed by atoms with Gasteiger partial charge in [0.15, 0.2) is 5.78 Å². The van der Waals surface area contributed by atoms with Crippen LogP contribution in [0.4, 0.5) is 0 Å². The molecule has 0 aliphatic carbocycles. The number of carbonyl (C=O) groups is 1. The first-order valence-electron chi connectivity index (χ1n) is 6.77. The van der Waals surface area contributed by atoms with Crippen LogP contribution in [0.2, 0.25) is 0 Å². The van der Waals surface area contributed by atoms with E-state index in [1.807, 2.05) is 31.3 Å². The standard InChI is InChI=1S/C16H20ClNOS/c1-10(7-14-6-5-12(3)20-14)18-11(2)8-15(13(18)4)16(19)9-17/h5-6,8,10H,7,9H2,1-4H3. The first-order valence-corrected chi connectivity index (χ1v) is 8.12. The first-order chi connectivity index (χ1) is 9.43. The number of carbonyl (C=O) groups excluding carboxylic acids is 1. The number of alkyl halides is 1. The molecular formula is C16H20ClNOS. The summed E-state index contributed by atoms with van der Waals surface area (Å²) < 4.78 is 2.24. The predicted octanol–water partition coefficient (Wildman–Crippen LogP) is 4.70. The van der Waals surface area contributed by atoms with E-state index in [9.17, 15) is 4.79 Å². The third kappa shape index (κ3) is 2.99. The van der Waals surface area contributed by atoms with E-state index in [1.165, 1.54) is 9.75 Å². The maximum Gasteiger partial charge on any atom is 0.179 e. The van der Waals surface area contributed by atoms with Gasteiger partial charge in [-0.15, -0.1) is 22.9 Å². The maximum atomic E-state index is 11.8. The van der Waals surface area contributed by atoms with Crippen LogP contribution in [0.3, 0.4) is 0 Å². The molecule has 0 aliphatic heterocycles. The molecule has 0 radical (unpaired) electrons. The molecular weight excluding hydrogens is 290 g/mol. The highest BCUT2D eigenvalue weighted by Crippen LogP contribution is 2.26. The van der Waals surface area contributed by atoms with Gasteiger partial charge >= 0.3 is 0 Å². The van der Waals surface area contributed by atoms with Crippen LogP contribution in [-0.2, 0) is 6.42 Å². The molecule has 4 heteroatoms. The second-order valence-corrected chi connectivity index (χ2v) is 6.92. The van der Waals surface area contributed by atoms with Crippen LogP contribution in [0.5, 0.6) is 0 Å². The van der Waals surface area contributed by atoms with Gasteiger partial charge in [0.05, 0.1) is 5.88 Å². The number of ketones is 1. The van der Waals surface area contributed by atoms with Crippen LogP contribution in [0, 0.1) is 20.8 Å². The van der Waals surface area contributed by atoms with Crippen LogP contribution < -0.4 is 0 Å². The average Bonchev–Trinajstić information content (AvgIpc) is 2.92. The quantitative estimate of drug-likeness (QED) is 0.579. The normalized spacial score (nSPS) is 12.7. The monoisotopic (exact) mass is 309 g/mol. The number of aromatic nitrogens is 1. The van der Waals surface area contributed by atoms with Gasteiger partial charge in [-0.1, -0.05) is 0 Å². The molecule has 0 spiro atoms. The van der Waals surface area contributed by atoms with Gasteiger partial charge in [0.25, 0.3) is 0 Å². The molecule has 0 amide bonds. The molecule has 0 aromatic carbocycles.